The predicted octanol–water partition coefficient (Wildman–Crippen LogP) is 2.68. The van der Waals surface area contributed by atoms with E-state index in [-0.39, 0.29) is 36.3 Å². The van der Waals surface area contributed by atoms with E-state index in [0.717, 1.165) is 45.6 Å². The molecule has 1 aromatic rings. The first kappa shape index (κ1) is 25.0. The standard InChI is InChI=1S/C19H32N4O.2ClH/c1-3-19(20,4-2)16-21-18(24)10-11-22-12-14-23(15-13-22)17-8-6-5-7-9-17;;/h5-9H,3-4,10-16,20H2,1-2H3,(H,21,24);2*1H. The van der Waals surface area contributed by atoms with Crippen LogP contribution in [0.1, 0.15) is 33.1 Å². The SMILES string of the molecule is CCC(N)(CC)CNC(=O)CCN1CCN(c2ccccc2)CC1.Cl.Cl. The summed E-state index contributed by atoms with van der Waals surface area (Å²) in [6, 6.07) is 10.5. The minimum Gasteiger partial charge on any atom is -0.369 e. The van der Waals surface area contributed by atoms with Crippen LogP contribution in [-0.2, 0) is 4.79 Å². The maximum Gasteiger partial charge on any atom is 0.221 e. The van der Waals surface area contributed by atoms with E-state index in [1.165, 1.54) is 5.69 Å². The van der Waals surface area contributed by atoms with Gasteiger partial charge in [-0.1, -0.05) is 32.0 Å². The lowest BCUT2D eigenvalue weighted by Gasteiger charge is -2.36. The lowest BCUT2D eigenvalue weighted by atomic mass is 9.94. The van der Waals surface area contributed by atoms with Gasteiger partial charge in [0.15, 0.2) is 0 Å². The van der Waals surface area contributed by atoms with E-state index in [1.807, 2.05) is 6.07 Å². The molecular weight excluding hydrogens is 371 g/mol. The third kappa shape index (κ3) is 7.70. The van der Waals surface area contributed by atoms with Gasteiger partial charge in [-0.2, -0.15) is 0 Å². The summed E-state index contributed by atoms with van der Waals surface area (Å²) >= 11 is 0. The molecule has 1 heterocycles. The smallest absolute Gasteiger partial charge is 0.221 e. The van der Waals surface area contributed by atoms with Crippen molar-refractivity contribution < 1.29 is 4.79 Å². The zero-order valence-corrected chi connectivity index (χ0v) is 17.6. The van der Waals surface area contributed by atoms with Crippen molar-refractivity contribution in [2.45, 2.75) is 38.6 Å². The molecule has 5 nitrogen and oxygen atoms in total. The maximum absolute atomic E-state index is 12.0. The van der Waals surface area contributed by atoms with E-state index in [1.54, 1.807) is 0 Å². The van der Waals surface area contributed by atoms with Crippen LogP contribution in [0.5, 0.6) is 0 Å². The highest BCUT2D eigenvalue weighted by atomic mass is 35.5. The highest BCUT2D eigenvalue weighted by molar-refractivity contribution is 5.85. The molecule has 26 heavy (non-hydrogen) atoms. The molecule has 1 amide bonds. The molecule has 0 unspecified atom stereocenters. The van der Waals surface area contributed by atoms with Crippen LogP contribution >= 0.6 is 24.8 Å². The average molecular weight is 405 g/mol. The Morgan fingerprint density at radius 2 is 1.65 bits per heavy atom. The van der Waals surface area contributed by atoms with Gasteiger partial charge in [0.25, 0.3) is 0 Å². The van der Waals surface area contributed by atoms with Crippen LogP contribution < -0.4 is 16.0 Å². The van der Waals surface area contributed by atoms with Crippen LogP contribution in [-0.4, -0.2) is 55.6 Å². The molecule has 0 saturated carbocycles. The molecule has 0 atom stereocenters. The number of rotatable bonds is 8. The molecule has 7 heteroatoms. The lowest BCUT2D eigenvalue weighted by Crippen LogP contribution is -2.50. The maximum atomic E-state index is 12.0. The Balaban J connectivity index is 0.00000312. The summed E-state index contributed by atoms with van der Waals surface area (Å²) in [5.41, 5.74) is 7.24. The first-order valence-electron chi connectivity index (χ1n) is 9.14. The van der Waals surface area contributed by atoms with Crippen LogP contribution in [0.3, 0.4) is 0 Å². The molecule has 0 radical (unpaired) electrons. The second kappa shape index (κ2) is 12.4. The monoisotopic (exact) mass is 404 g/mol. The van der Waals surface area contributed by atoms with E-state index < -0.39 is 0 Å². The lowest BCUT2D eigenvalue weighted by molar-refractivity contribution is -0.121. The number of halogens is 2. The van der Waals surface area contributed by atoms with Gasteiger partial charge in [-0.25, -0.2) is 0 Å². The largest absolute Gasteiger partial charge is 0.369 e. The summed E-state index contributed by atoms with van der Waals surface area (Å²) < 4.78 is 0. The number of benzene rings is 1. The van der Waals surface area contributed by atoms with Crippen molar-refractivity contribution in [2.24, 2.45) is 5.73 Å². The summed E-state index contributed by atoms with van der Waals surface area (Å²) in [6.45, 7) is 9.58. The number of para-hydroxylation sites is 1. The van der Waals surface area contributed by atoms with Crippen LogP contribution in [0.15, 0.2) is 30.3 Å². The molecule has 0 bridgehead atoms. The molecule has 0 aliphatic carbocycles. The van der Waals surface area contributed by atoms with E-state index in [9.17, 15) is 4.79 Å². The molecule has 3 N–H and O–H groups in total. The fourth-order valence-electron chi connectivity index (χ4n) is 2.99. The number of nitrogens with one attached hydrogen (secondary N) is 1. The zero-order chi connectivity index (χ0) is 17.4. The summed E-state index contributed by atoms with van der Waals surface area (Å²) in [7, 11) is 0. The van der Waals surface area contributed by atoms with Crippen LogP contribution in [0, 0.1) is 0 Å². The molecule has 1 aliphatic heterocycles. The fourth-order valence-corrected chi connectivity index (χ4v) is 2.99. The molecule has 2 rings (SSSR count). The molecule has 1 saturated heterocycles. The van der Waals surface area contributed by atoms with E-state index in [0.29, 0.717) is 13.0 Å². The summed E-state index contributed by atoms with van der Waals surface area (Å²) in [5, 5.41) is 3.00. The van der Waals surface area contributed by atoms with Crippen LogP contribution in [0.25, 0.3) is 0 Å². The fraction of sp³-hybridized carbons (Fsp3) is 0.632. The highest BCUT2D eigenvalue weighted by Gasteiger charge is 2.21. The van der Waals surface area contributed by atoms with Crippen molar-refractivity contribution in [3.63, 3.8) is 0 Å². The predicted molar refractivity (Wildman–Crippen MR) is 115 cm³/mol. The van der Waals surface area contributed by atoms with Gasteiger partial charge in [0.1, 0.15) is 0 Å². The minimum atomic E-state index is -0.267. The number of piperazine rings is 1. The Hall–Kier alpha value is -1.01. The molecular formula is C19H34Cl2N4O. The second-order valence-corrected chi connectivity index (χ2v) is 6.76. The van der Waals surface area contributed by atoms with Crippen molar-refractivity contribution in [1.29, 1.82) is 0 Å². The topological polar surface area (TPSA) is 61.6 Å². The van der Waals surface area contributed by atoms with Gasteiger partial charge in [0.05, 0.1) is 0 Å². The molecule has 0 aromatic heterocycles. The number of anilines is 1. The van der Waals surface area contributed by atoms with Crippen molar-refractivity contribution >= 4 is 36.4 Å². The second-order valence-electron chi connectivity index (χ2n) is 6.76. The Morgan fingerprint density at radius 1 is 1.08 bits per heavy atom. The number of nitrogens with zero attached hydrogens (tertiary/aromatic N) is 2. The Labute approximate surface area is 170 Å². The zero-order valence-electron chi connectivity index (χ0n) is 15.9. The van der Waals surface area contributed by atoms with Gasteiger partial charge in [0, 0.05) is 56.9 Å². The molecule has 1 aliphatic rings. The van der Waals surface area contributed by atoms with E-state index in [2.05, 4.69) is 53.2 Å². The summed E-state index contributed by atoms with van der Waals surface area (Å²) in [4.78, 5) is 16.8. The molecule has 150 valence electrons. The first-order valence-corrected chi connectivity index (χ1v) is 9.14. The Kier molecular flexibility index (Phi) is 11.9. The number of hydrogen-bond acceptors (Lipinski definition) is 4. The first-order chi connectivity index (χ1) is 11.6. The van der Waals surface area contributed by atoms with Crippen molar-refractivity contribution in [2.75, 3.05) is 44.2 Å². The van der Waals surface area contributed by atoms with Crippen molar-refractivity contribution in [1.82, 2.24) is 10.2 Å². The summed E-state index contributed by atoms with van der Waals surface area (Å²) in [5.74, 6) is 0.109. The van der Waals surface area contributed by atoms with Crippen molar-refractivity contribution in [3.8, 4) is 0 Å². The quantitative estimate of drug-likeness (QED) is 0.698. The minimum absolute atomic E-state index is 0. The van der Waals surface area contributed by atoms with Gasteiger partial charge >= 0.3 is 0 Å². The van der Waals surface area contributed by atoms with E-state index >= 15 is 0 Å². The number of hydrogen-bond donors (Lipinski definition) is 2. The number of carbonyl (C=O) groups excluding carboxylic acids is 1. The van der Waals surface area contributed by atoms with Gasteiger partial charge in [-0.15, -0.1) is 24.8 Å². The van der Waals surface area contributed by atoms with Gasteiger partial charge in [0.2, 0.25) is 5.91 Å². The van der Waals surface area contributed by atoms with Crippen LogP contribution in [0.2, 0.25) is 0 Å². The Bertz CT molecular complexity index is 504. The molecule has 1 aromatic carbocycles. The number of nitrogens with two attached hydrogens (primary N) is 1. The molecule has 0 spiro atoms. The van der Waals surface area contributed by atoms with Gasteiger partial charge in [-0.05, 0) is 25.0 Å². The summed E-state index contributed by atoms with van der Waals surface area (Å²) in [6.07, 6.45) is 2.31. The third-order valence-corrected chi connectivity index (χ3v) is 5.19. The number of carbonyl (C=O) groups is 1. The average Bonchev–Trinajstić information content (AvgIpc) is 2.65. The van der Waals surface area contributed by atoms with Crippen LogP contribution in [0.4, 0.5) is 5.69 Å². The third-order valence-electron chi connectivity index (χ3n) is 5.19. The number of amides is 1. The Morgan fingerprint density at radius 3 is 2.19 bits per heavy atom. The molecule has 1 fully saturated rings. The van der Waals surface area contributed by atoms with Gasteiger partial charge in [-0.3, -0.25) is 9.69 Å². The highest BCUT2D eigenvalue weighted by Crippen LogP contribution is 2.15. The van der Waals surface area contributed by atoms with Gasteiger partial charge < -0.3 is 16.0 Å². The van der Waals surface area contributed by atoms with E-state index in [4.69, 9.17) is 5.73 Å². The van der Waals surface area contributed by atoms with Crippen molar-refractivity contribution in [3.05, 3.63) is 30.3 Å². The normalized spacial score (nSPS) is 15.0.